The number of aliphatic hydroxyl groups is 1. The molecule has 1 aromatic carbocycles. The number of aliphatic carboxylic acids is 1. The fraction of sp³-hybridized carbons (Fsp3) is 0.417. The number of carbonyl (C=O) groups is 1. The standard InChI is InChI=1S/C12H15FO4/c1-17-12(16)7-9(6-11(14)15)8-2-4-10(13)5-3-8/h2-5,9,12,16H,6-7H2,1H3,(H,14,15)/t9-,12+/m0/s1. The highest BCUT2D eigenvalue weighted by molar-refractivity contribution is 5.68. The number of halogens is 1. The number of methoxy groups -OCH3 is 1. The first-order valence-corrected chi connectivity index (χ1v) is 5.21. The Labute approximate surface area is 98.7 Å². The van der Waals surface area contributed by atoms with Crippen LogP contribution >= 0.6 is 0 Å². The third-order valence-corrected chi connectivity index (χ3v) is 2.52. The molecule has 0 aliphatic carbocycles. The van der Waals surface area contributed by atoms with Gasteiger partial charge in [0.25, 0.3) is 0 Å². The van der Waals surface area contributed by atoms with E-state index in [1.807, 2.05) is 0 Å². The third kappa shape index (κ3) is 4.50. The summed E-state index contributed by atoms with van der Waals surface area (Å²) in [5, 5.41) is 18.2. The van der Waals surface area contributed by atoms with E-state index >= 15 is 0 Å². The summed E-state index contributed by atoms with van der Waals surface area (Å²) < 4.78 is 17.4. The normalized spacial score (nSPS) is 14.3. The van der Waals surface area contributed by atoms with Crippen LogP contribution in [-0.2, 0) is 9.53 Å². The summed E-state index contributed by atoms with van der Waals surface area (Å²) in [7, 11) is 1.34. The fourth-order valence-electron chi connectivity index (χ4n) is 1.62. The van der Waals surface area contributed by atoms with Gasteiger partial charge >= 0.3 is 5.97 Å². The summed E-state index contributed by atoms with van der Waals surface area (Å²) in [5.41, 5.74) is 0.671. The van der Waals surface area contributed by atoms with Gasteiger partial charge in [-0.2, -0.15) is 0 Å². The lowest BCUT2D eigenvalue weighted by atomic mass is 9.92. The molecule has 0 aromatic heterocycles. The van der Waals surface area contributed by atoms with E-state index in [0.717, 1.165) is 0 Å². The van der Waals surface area contributed by atoms with Crippen molar-refractivity contribution < 1.29 is 24.1 Å². The summed E-state index contributed by atoms with van der Waals surface area (Å²) in [4.78, 5) is 10.7. The van der Waals surface area contributed by atoms with E-state index in [0.29, 0.717) is 5.56 Å². The lowest BCUT2D eigenvalue weighted by molar-refractivity contribution is -0.138. The first-order valence-electron chi connectivity index (χ1n) is 5.21. The van der Waals surface area contributed by atoms with Crippen LogP contribution in [0.5, 0.6) is 0 Å². The summed E-state index contributed by atoms with van der Waals surface area (Å²) >= 11 is 0. The molecule has 0 radical (unpaired) electrons. The monoisotopic (exact) mass is 242 g/mol. The minimum atomic E-state index is -1.02. The Hall–Kier alpha value is -1.46. The molecule has 1 aromatic rings. The average molecular weight is 242 g/mol. The second-order valence-electron chi connectivity index (χ2n) is 3.77. The van der Waals surface area contributed by atoms with Crippen molar-refractivity contribution in [3.63, 3.8) is 0 Å². The molecule has 0 spiro atoms. The predicted molar refractivity (Wildman–Crippen MR) is 59.0 cm³/mol. The number of carboxylic acid groups (broad SMARTS) is 1. The van der Waals surface area contributed by atoms with Gasteiger partial charge in [-0.1, -0.05) is 12.1 Å². The molecular formula is C12H15FO4. The highest BCUT2D eigenvalue weighted by Gasteiger charge is 2.19. The summed E-state index contributed by atoms with van der Waals surface area (Å²) in [6.45, 7) is 0. The van der Waals surface area contributed by atoms with E-state index in [4.69, 9.17) is 9.84 Å². The Kier molecular flexibility index (Phi) is 5.06. The molecule has 94 valence electrons. The highest BCUT2D eigenvalue weighted by Crippen LogP contribution is 2.25. The molecule has 17 heavy (non-hydrogen) atoms. The Balaban J connectivity index is 2.81. The van der Waals surface area contributed by atoms with E-state index in [-0.39, 0.29) is 18.7 Å². The van der Waals surface area contributed by atoms with Gasteiger partial charge in [0.2, 0.25) is 0 Å². The van der Waals surface area contributed by atoms with Gasteiger partial charge in [-0.05, 0) is 23.6 Å². The van der Waals surface area contributed by atoms with Crippen molar-refractivity contribution >= 4 is 5.97 Å². The molecule has 4 nitrogen and oxygen atoms in total. The smallest absolute Gasteiger partial charge is 0.303 e. The van der Waals surface area contributed by atoms with Crippen molar-refractivity contribution in [2.24, 2.45) is 0 Å². The molecule has 0 saturated heterocycles. The van der Waals surface area contributed by atoms with Crippen LogP contribution in [0.4, 0.5) is 4.39 Å². The van der Waals surface area contributed by atoms with Crippen LogP contribution in [0.3, 0.4) is 0 Å². The molecule has 0 bridgehead atoms. The number of benzene rings is 1. The van der Waals surface area contributed by atoms with Crippen LogP contribution in [0.1, 0.15) is 24.3 Å². The largest absolute Gasteiger partial charge is 0.481 e. The Morgan fingerprint density at radius 2 is 2.00 bits per heavy atom. The van der Waals surface area contributed by atoms with Crippen LogP contribution in [-0.4, -0.2) is 29.6 Å². The lowest BCUT2D eigenvalue weighted by Gasteiger charge is -2.18. The van der Waals surface area contributed by atoms with Gasteiger partial charge in [0, 0.05) is 13.5 Å². The van der Waals surface area contributed by atoms with Crippen LogP contribution in [0.2, 0.25) is 0 Å². The maximum absolute atomic E-state index is 12.8. The molecule has 0 saturated carbocycles. The average Bonchev–Trinajstić information content (AvgIpc) is 2.28. The van der Waals surface area contributed by atoms with Gasteiger partial charge in [0.05, 0.1) is 6.42 Å². The van der Waals surface area contributed by atoms with E-state index in [2.05, 4.69) is 0 Å². The number of aliphatic hydroxyl groups excluding tert-OH is 1. The molecule has 0 fully saturated rings. The minimum Gasteiger partial charge on any atom is -0.481 e. The summed E-state index contributed by atoms with van der Waals surface area (Å²) in [6.07, 6.45) is -0.995. The van der Waals surface area contributed by atoms with Crippen molar-refractivity contribution in [1.82, 2.24) is 0 Å². The summed E-state index contributed by atoms with van der Waals surface area (Å²) in [6, 6.07) is 5.57. The SMILES string of the molecule is CO[C@@H](O)C[C@H](CC(=O)O)c1ccc(F)cc1. The fourth-order valence-corrected chi connectivity index (χ4v) is 1.62. The van der Waals surface area contributed by atoms with E-state index in [1.54, 1.807) is 0 Å². The Morgan fingerprint density at radius 1 is 1.41 bits per heavy atom. The molecule has 0 aliphatic rings. The maximum Gasteiger partial charge on any atom is 0.303 e. The third-order valence-electron chi connectivity index (χ3n) is 2.52. The number of hydrogen-bond donors (Lipinski definition) is 2. The molecule has 0 amide bonds. The molecular weight excluding hydrogens is 227 g/mol. The Bertz CT molecular complexity index is 363. The topological polar surface area (TPSA) is 66.8 Å². The zero-order valence-corrected chi connectivity index (χ0v) is 9.47. The van der Waals surface area contributed by atoms with Gasteiger partial charge in [0.1, 0.15) is 5.82 Å². The molecule has 5 heteroatoms. The maximum atomic E-state index is 12.8. The number of hydrogen-bond acceptors (Lipinski definition) is 3. The van der Waals surface area contributed by atoms with Gasteiger partial charge in [0.15, 0.2) is 6.29 Å². The van der Waals surface area contributed by atoms with Crippen molar-refractivity contribution in [2.75, 3.05) is 7.11 Å². The minimum absolute atomic E-state index is 0.133. The molecule has 0 aliphatic heterocycles. The first-order chi connectivity index (χ1) is 8.02. The number of carboxylic acids is 1. The van der Waals surface area contributed by atoms with Crippen molar-refractivity contribution in [3.8, 4) is 0 Å². The predicted octanol–water partition coefficient (Wildman–Crippen LogP) is 1.74. The van der Waals surface area contributed by atoms with Gasteiger partial charge < -0.3 is 14.9 Å². The van der Waals surface area contributed by atoms with Gasteiger partial charge in [-0.3, -0.25) is 4.79 Å². The van der Waals surface area contributed by atoms with Crippen LogP contribution < -0.4 is 0 Å². The Morgan fingerprint density at radius 3 is 2.47 bits per heavy atom. The van der Waals surface area contributed by atoms with Crippen LogP contribution in [0.25, 0.3) is 0 Å². The molecule has 1 rings (SSSR count). The quantitative estimate of drug-likeness (QED) is 0.746. The van der Waals surface area contributed by atoms with Crippen molar-refractivity contribution in [1.29, 1.82) is 0 Å². The zero-order valence-electron chi connectivity index (χ0n) is 9.47. The molecule has 2 N–H and O–H groups in total. The van der Waals surface area contributed by atoms with Crippen LogP contribution in [0.15, 0.2) is 24.3 Å². The molecule has 2 atom stereocenters. The first kappa shape index (κ1) is 13.6. The van der Waals surface area contributed by atoms with Gasteiger partial charge in [-0.15, -0.1) is 0 Å². The van der Waals surface area contributed by atoms with E-state index in [9.17, 15) is 14.3 Å². The summed E-state index contributed by atoms with van der Waals surface area (Å²) in [5.74, 6) is -1.75. The van der Waals surface area contributed by atoms with Crippen molar-refractivity contribution in [2.45, 2.75) is 25.0 Å². The lowest BCUT2D eigenvalue weighted by Crippen LogP contribution is -2.16. The second-order valence-corrected chi connectivity index (χ2v) is 3.77. The van der Waals surface area contributed by atoms with E-state index < -0.39 is 18.2 Å². The second kappa shape index (κ2) is 6.32. The molecule has 0 unspecified atom stereocenters. The van der Waals surface area contributed by atoms with Crippen molar-refractivity contribution in [3.05, 3.63) is 35.6 Å². The zero-order chi connectivity index (χ0) is 12.8. The molecule has 0 heterocycles. The van der Waals surface area contributed by atoms with Crippen LogP contribution in [0, 0.1) is 5.82 Å². The highest BCUT2D eigenvalue weighted by atomic mass is 19.1. The number of rotatable bonds is 6. The van der Waals surface area contributed by atoms with Gasteiger partial charge in [-0.25, -0.2) is 4.39 Å². The van der Waals surface area contributed by atoms with E-state index in [1.165, 1.54) is 31.4 Å². The number of ether oxygens (including phenoxy) is 1.